The van der Waals surface area contributed by atoms with Crippen LogP contribution in [0.3, 0.4) is 0 Å². The van der Waals surface area contributed by atoms with Gasteiger partial charge in [0.15, 0.2) is 18.1 Å². The number of carbonyl (C=O) groups excluding carboxylic acids is 1. The van der Waals surface area contributed by atoms with Gasteiger partial charge in [0.2, 0.25) is 0 Å². The molecule has 0 radical (unpaired) electrons. The van der Waals surface area contributed by atoms with Gasteiger partial charge < -0.3 is 20.5 Å². The number of ether oxygens (including phenoxy) is 2. The molecule has 2 aromatic rings. The first-order chi connectivity index (χ1) is 12.0. The van der Waals surface area contributed by atoms with Crippen molar-refractivity contribution in [3.05, 3.63) is 57.6 Å². The van der Waals surface area contributed by atoms with Crippen molar-refractivity contribution in [3.8, 4) is 11.5 Å². The van der Waals surface area contributed by atoms with Crippen LogP contribution in [-0.2, 0) is 17.9 Å². The summed E-state index contributed by atoms with van der Waals surface area (Å²) >= 11 is 3.49. The second-order valence-electron chi connectivity index (χ2n) is 5.78. The molecule has 0 spiro atoms. The highest BCUT2D eigenvalue weighted by Crippen LogP contribution is 2.36. The van der Waals surface area contributed by atoms with E-state index in [1.54, 1.807) is 0 Å². The molecule has 0 aliphatic heterocycles. The van der Waals surface area contributed by atoms with Crippen molar-refractivity contribution in [2.24, 2.45) is 5.73 Å². The number of carbonyl (C=O) groups is 1. The summed E-state index contributed by atoms with van der Waals surface area (Å²) in [5.74, 6) is 0.588. The molecule has 0 bridgehead atoms. The molecule has 0 atom stereocenters. The van der Waals surface area contributed by atoms with Crippen molar-refractivity contribution in [1.29, 1.82) is 0 Å². The first-order valence-electron chi connectivity index (χ1n) is 8.23. The normalized spacial score (nSPS) is 10.5. The summed E-state index contributed by atoms with van der Waals surface area (Å²) in [6, 6.07) is 12.5. The molecule has 0 heterocycles. The Morgan fingerprint density at radius 3 is 2.44 bits per heavy atom. The highest BCUT2D eigenvalue weighted by molar-refractivity contribution is 9.10. The van der Waals surface area contributed by atoms with E-state index >= 15 is 0 Å². The molecule has 25 heavy (non-hydrogen) atoms. The van der Waals surface area contributed by atoms with Crippen LogP contribution >= 0.6 is 15.9 Å². The Kier molecular flexibility index (Phi) is 7.28. The Labute approximate surface area is 156 Å². The van der Waals surface area contributed by atoms with Gasteiger partial charge >= 0.3 is 0 Å². The standard InChI is InChI=1S/C19H23BrN2O3/c1-3-24-17-9-15(8-16(20)19(17)25-12-18(21)23)11-22-10-14-6-4-13(2)5-7-14/h4-9,22H,3,10-12H2,1-2H3,(H2,21,23)/p+1. The number of quaternary nitrogens is 1. The highest BCUT2D eigenvalue weighted by atomic mass is 79.9. The Morgan fingerprint density at radius 1 is 1.12 bits per heavy atom. The van der Waals surface area contributed by atoms with Crippen molar-refractivity contribution >= 4 is 21.8 Å². The third-order valence-electron chi connectivity index (χ3n) is 3.61. The van der Waals surface area contributed by atoms with E-state index in [2.05, 4.69) is 52.4 Å². The minimum atomic E-state index is -0.523. The third kappa shape index (κ3) is 6.07. The van der Waals surface area contributed by atoms with E-state index < -0.39 is 5.91 Å². The molecule has 2 aromatic carbocycles. The Hall–Kier alpha value is -2.05. The lowest BCUT2D eigenvalue weighted by atomic mass is 10.1. The third-order valence-corrected chi connectivity index (χ3v) is 4.20. The number of hydrogen-bond donors (Lipinski definition) is 2. The summed E-state index contributed by atoms with van der Waals surface area (Å²) in [6.07, 6.45) is 0. The van der Waals surface area contributed by atoms with Gasteiger partial charge in [-0.3, -0.25) is 4.79 Å². The number of halogens is 1. The van der Waals surface area contributed by atoms with Crippen LogP contribution in [0, 0.1) is 6.92 Å². The van der Waals surface area contributed by atoms with Crippen LogP contribution in [-0.4, -0.2) is 19.1 Å². The van der Waals surface area contributed by atoms with Gasteiger partial charge in [-0.2, -0.15) is 0 Å². The minimum absolute atomic E-state index is 0.183. The maximum Gasteiger partial charge on any atom is 0.255 e. The molecule has 0 unspecified atom stereocenters. The van der Waals surface area contributed by atoms with E-state index in [4.69, 9.17) is 15.2 Å². The van der Waals surface area contributed by atoms with E-state index in [1.807, 2.05) is 19.1 Å². The Balaban J connectivity index is 2.04. The Bertz CT molecular complexity index is 717. The topological polar surface area (TPSA) is 78.2 Å². The maximum absolute atomic E-state index is 11.0. The monoisotopic (exact) mass is 407 g/mol. The molecule has 1 amide bonds. The van der Waals surface area contributed by atoms with Crippen molar-refractivity contribution < 1.29 is 19.6 Å². The molecule has 0 saturated heterocycles. The minimum Gasteiger partial charge on any atom is -0.490 e. The molecule has 6 heteroatoms. The first kappa shape index (κ1) is 19.3. The van der Waals surface area contributed by atoms with Gasteiger partial charge in [0.05, 0.1) is 11.1 Å². The van der Waals surface area contributed by atoms with Gasteiger partial charge in [-0.25, -0.2) is 0 Å². The first-order valence-corrected chi connectivity index (χ1v) is 9.02. The average molecular weight is 408 g/mol. The molecule has 2 rings (SSSR count). The smallest absolute Gasteiger partial charge is 0.255 e. The zero-order valence-electron chi connectivity index (χ0n) is 14.5. The number of primary amides is 1. The Morgan fingerprint density at radius 2 is 1.80 bits per heavy atom. The lowest BCUT2D eigenvalue weighted by molar-refractivity contribution is -0.686. The molecular formula is C19H24BrN2O3+. The SMILES string of the molecule is CCOc1cc(C[NH2+]Cc2ccc(C)cc2)cc(Br)c1OCC(N)=O. The zero-order chi connectivity index (χ0) is 18.2. The summed E-state index contributed by atoms with van der Waals surface area (Å²) in [5, 5.41) is 2.23. The van der Waals surface area contributed by atoms with Crippen LogP contribution in [0.2, 0.25) is 0 Å². The molecule has 0 aliphatic rings. The van der Waals surface area contributed by atoms with Crippen LogP contribution in [0.4, 0.5) is 0 Å². The predicted octanol–water partition coefficient (Wildman–Crippen LogP) is 2.28. The summed E-state index contributed by atoms with van der Waals surface area (Å²) < 4.78 is 11.9. The fourth-order valence-corrected chi connectivity index (χ4v) is 3.02. The second kappa shape index (κ2) is 9.44. The molecule has 134 valence electrons. The molecular weight excluding hydrogens is 384 g/mol. The van der Waals surface area contributed by atoms with E-state index in [9.17, 15) is 4.79 Å². The maximum atomic E-state index is 11.0. The largest absolute Gasteiger partial charge is 0.490 e. The van der Waals surface area contributed by atoms with Gasteiger partial charge in [-0.05, 0) is 41.9 Å². The van der Waals surface area contributed by atoms with Crippen LogP contribution in [0.25, 0.3) is 0 Å². The number of benzene rings is 2. The molecule has 0 fully saturated rings. The van der Waals surface area contributed by atoms with Gasteiger partial charge in [-0.1, -0.05) is 29.8 Å². The zero-order valence-corrected chi connectivity index (χ0v) is 16.1. The van der Waals surface area contributed by atoms with Crippen LogP contribution in [0.15, 0.2) is 40.9 Å². The number of amides is 1. The summed E-state index contributed by atoms with van der Waals surface area (Å²) in [4.78, 5) is 11.0. The molecule has 0 aromatic heterocycles. The van der Waals surface area contributed by atoms with E-state index in [0.717, 1.165) is 23.1 Å². The number of aryl methyl sites for hydroxylation is 1. The molecule has 5 nitrogen and oxygen atoms in total. The predicted molar refractivity (Wildman–Crippen MR) is 101 cm³/mol. The van der Waals surface area contributed by atoms with Crippen LogP contribution < -0.4 is 20.5 Å². The lowest BCUT2D eigenvalue weighted by Crippen LogP contribution is -2.80. The van der Waals surface area contributed by atoms with Crippen molar-refractivity contribution in [1.82, 2.24) is 0 Å². The van der Waals surface area contributed by atoms with Gasteiger partial charge in [0.1, 0.15) is 13.1 Å². The average Bonchev–Trinajstić information content (AvgIpc) is 2.56. The van der Waals surface area contributed by atoms with E-state index in [1.165, 1.54) is 11.1 Å². The second-order valence-corrected chi connectivity index (χ2v) is 6.63. The summed E-state index contributed by atoms with van der Waals surface area (Å²) in [6.45, 7) is 6.03. The van der Waals surface area contributed by atoms with Crippen LogP contribution in [0.1, 0.15) is 23.6 Å². The molecule has 4 N–H and O–H groups in total. The van der Waals surface area contributed by atoms with Crippen molar-refractivity contribution in [3.63, 3.8) is 0 Å². The lowest BCUT2D eigenvalue weighted by Gasteiger charge is -2.14. The fourth-order valence-electron chi connectivity index (χ4n) is 2.42. The van der Waals surface area contributed by atoms with E-state index in [0.29, 0.717) is 18.1 Å². The van der Waals surface area contributed by atoms with Crippen molar-refractivity contribution in [2.45, 2.75) is 26.9 Å². The van der Waals surface area contributed by atoms with Gasteiger partial charge in [0, 0.05) is 11.1 Å². The quantitative estimate of drug-likeness (QED) is 0.669. The molecule has 0 aliphatic carbocycles. The summed E-state index contributed by atoms with van der Waals surface area (Å²) in [5.41, 5.74) is 8.81. The van der Waals surface area contributed by atoms with Gasteiger partial charge in [0.25, 0.3) is 5.91 Å². The number of hydrogen-bond acceptors (Lipinski definition) is 3. The van der Waals surface area contributed by atoms with Crippen LogP contribution in [0.5, 0.6) is 11.5 Å². The van der Waals surface area contributed by atoms with E-state index in [-0.39, 0.29) is 6.61 Å². The number of nitrogens with two attached hydrogens (primary N) is 2. The van der Waals surface area contributed by atoms with Gasteiger partial charge in [-0.15, -0.1) is 0 Å². The van der Waals surface area contributed by atoms with Crippen molar-refractivity contribution in [2.75, 3.05) is 13.2 Å². The summed E-state index contributed by atoms with van der Waals surface area (Å²) in [7, 11) is 0. The number of rotatable bonds is 9. The fraction of sp³-hybridized carbons (Fsp3) is 0.316. The molecule has 0 saturated carbocycles. The highest BCUT2D eigenvalue weighted by Gasteiger charge is 2.14.